The summed E-state index contributed by atoms with van der Waals surface area (Å²) in [5.74, 6) is -1.74. The molecule has 204 valence electrons. The number of carbonyl (C=O) groups is 2. The molecule has 3 aliphatic rings. The number of likely N-dealkylation sites (tertiary alicyclic amines) is 1. The molecule has 0 unspecified atom stereocenters. The average molecular weight is 526 g/mol. The minimum atomic E-state index is -0.830. The second kappa shape index (κ2) is 11.1. The van der Waals surface area contributed by atoms with Crippen molar-refractivity contribution in [3.05, 3.63) is 71.8 Å². The van der Waals surface area contributed by atoms with E-state index < -0.39 is 60.6 Å². The number of hydrogen-bond acceptors (Lipinski definition) is 9. The van der Waals surface area contributed by atoms with E-state index in [-0.39, 0.29) is 0 Å². The van der Waals surface area contributed by atoms with Crippen LogP contribution in [0.5, 0.6) is 0 Å². The zero-order valence-electron chi connectivity index (χ0n) is 22.1. The maximum atomic E-state index is 12.2. The number of rotatable bonds is 8. The second-order valence-electron chi connectivity index (χ2n) is 10.5. The van der Waals surface area contributed by atoms with Gasteiger partial charge in [0.15, 0.2) is 24.3 Å². The van der Waals surface area contributed by atoms with Crippen LogP contribution in [0.2, 0.25) is 0 Å². The first kappa shape index (κ1) is 26.8. The molecule has 2 aromatic carbocycles. The van der Waals surface area contributed by atoms with Crippen LogP contribution in [0, 0.1) is 0 Å². The smallest absolute Gasteiger partial charge is 0.303 e. The van der Waals surface area contributed by atoms with Gasteiger partial charge < -0.3 is 28.4 Å². The Balaban J connectivity index is 1.48. The highest BCUT2D eigenvalue weighted by Gasteiger charge is 2.62. The molecule has 0 amide bonds. The van der Waals surface area contributed by atoms with Crippen molar-refractivity contribution in [3.8, 4) is 0 Å². The van der Waals surface area contributed by atoms with Gasteiger partial charge in [-0.15, -0.1) is 0 Å². The molecular formula is C29H35NO8. The van der Waals surface area contributed by atoms with Crippen LogP contribution in [0.4, 0.5) is 0 Å². The van der Waals surface area contributed by atoms with Crippen LogP contribution < -0.4 is 0 Å². The molecule has 0 saturated carbocycles. The van der Waals surface area contributed by atoms with Crippen molar-refractivity contribution in [2.45, 2.75) is 89.5 Å². The van der Waals surface area contributed by atoms with Crippen molar-refractivity contribution in [2.75, 3.05) is 6.54 Å². The number of fused-ring (bicyclic) bond motifs is 1. The molecule has 3 saturated heterocycles. The van der Waals surface area contributed by atoms with Crippen LogP contribution >= 0.6 is 0 Å². The van der Waals surface area contributed by atoms with Crippen molar-refractivity contribution in [1.82, 2.24) is 4.90 Å². The highest BCUT2D eigenvalue weighted by Crippen LogP contribution is 2.43. The van der Waals surface area contributed by atoms with Crippen molar-refractivity contribution in [1.29, 1.82) is 0 Å². The fourth-order valence-electron chi connectivity index (χ4n) is 5.66. The van der Waals surface area contributed by atoms with Gasteiger partial charge in [-0.05, 0) is 25.0 Å². The van der Waals surface area contributed by atoms with E-state index in [0.29, 0.717) is 19.7 Å². The first-order valence-corrected chi connectivity index (χ1v) is 13.0. The van der Waals surface area contributed by atoms with E-state index in [1.165, 1.54) is 13.8 Å². The summed E-state index contributed by atoms with van der Waals surface area (Å²) in [5, 5.41) is 0. The Bertz CT molecular complexity index is 1110. The summed E-state index contributed by atoms with van der Waals surface area (Å²) in [6, 6.07) is 19.3. The van der Waals surface area contributed by atoms with Gasteiger partial charge in [0.2, 0.25) is 0 Å². The third kappa shape index (κ3) is 5.92. The molecular weight excluding hydrogens is 490 g/mol. The molecule has 3 heterocycles. The Morgan fingerprint density at radius 1 is 0.868 bits per heavy atom. The Hall–Kier alpha value is -2.82. The van der Waals surface area contributed by atoms with Crippen LogP contribution in [-0.2, 0) is 51.2 Å². The molecule has 9 heteroatoms. The SMILES string of the molecule is CC(=O)O[C@H]1[C@H]([C@H]2O[C@@H]3OC(C)(C)O[C@@H]3[C@H]2OCc2ccccc2)N(Cc2ccccc2)C[C@H]1OC(C)=O. The van der Waals surface area contributed by atoms with E-state index in [1.54, 1.807) is 0 Å². The predicted molar refractivity (Wildman–Crippen MR) is 135 cm³/mol. The highest BCUT2D eigenvalue weighted by atomic mass is 16.8. The first-order valence-electron chi connectivity index (χ1n) is 13.0. The molecule has 2 aromatic rings. The summed E-state index contributed by atoms with van der Waals surface area (Å²) >= 11 is 0. The van der Waals surface area contributed by atoms with E-state index in [0.717, 1.165) is 11.1 Å². The summed E-state index contributed by atoms with van der Waals surface area (Å²) in [7, 11) is 0. The summed E-state index contributed by atoms with van der Waals surface area (Å²) in [4.78, 5) is 26.4. The van der Waals surface area contributed by atoms with Gasteiger partial charge in [0, 0.05) is 26.9 Å². The van der Waals surface area contributed by atoms with Gasteiger partial charge in [0.05, 0.1) is 12.6 Å². The summed E-state index contributed by atoms with van der Waals surface area (Å²) < 4.78 is 36.8. The third-order valence-corrected chi connectivity index (χ3v) is 7.04. The lowest BCUT2D eigenvalue weighted by Gasteiger charge is -2.36. The minimum absolute atomic E-state index is 0.343. The number of carbonyl (C=O) groups excluding carboxylic acids is 2. The van der Waals surface area contributed by atoms with Crippen molar-refractivity contribution < 1.29 is 38.0 Å². The average Bonchev–Trinajstić information content (AvgIpc) is 3.45. The van der Waals surface area contributed by atoms with Crippen LogP contribution in [0.3, 0.4) is 0 Å². The number of benzene rings is 2. The van der Waals surface area contributed by atoms with E-state index in [4.69, 9.17) is 28.4 Å². The van der Waals surface area contributed by atoms with Gasteiger partial charge in [0.1, 0.15) is 18.3 Å². The maximum Gasteiger partial charge on any atom is 0.303 e. The van der Waals surface area contributed by atoms with Gasteiger partial charge in [-0.2, -0.15) is 0 Å². The first-order chi connectivity index (χ1) is 18.2. The summed E-state index contributed by atoms with van der Waals surface area (Å²) in [5.41, 5.74) is 2.07. The molecule has 3 aliphatic heterocycles. The van der Waals surface area contributed by atoms with Crippen LogP contribution in [0.15, 0.2) is 60.7 Å². The molecule has 0 spiro atoms. The lowest BCUT2D eigenvalue weighted by atomic mass is 9.97. The van der Waals surface area contributed by atoms with Crippen LogP contribution in [0.25, 0.3) is 0 Å². The second-order valence-corrected chi connectivity index (χ2v) is 10.5. The zero-order chi connectivity index (χ0) is 26.9. The Morgan fingerprint density at radius 3 is 2.13 bits per heavy atom. The third-order valence-electron chi connectivity index (χ3n) is 7.04. The van der Waals surface area contributed by atoms with Gasteiger partial charge in [-0.25, -0.2) is 0 Å². The Labute approximate surface area is 222 Å². The predicted octanol–water partition coefficient (Wildman–Crippen LogP) is 3.20. The summed E-state index contributed by atoms with van der Waals surface area (Å²) in [6.45, 7) is 7.63. The van der Waals surface area contributed by atoms with Crippen molar-refractivity contribution in [3.63, 3.8) is 0 Å². The number of nitrogens with zero attached hydrogens (tertiary/aromatic N) is 1. The van der Waals surface area contributed by atoms with Gasteiger partial charge in [0.25, 0.3) is 0 Å². The van der Waals surface area contributed by atoms with Crippen molar-refractivity contribution >= 4 is 11.9 Å². The van der Waals surface area contributed by atoms with E-state index in [9.17, 15) is 9.59 Å². The van der Waals surface area contributed by atoms with Crippen LogP contribution in [0.1, 0.15) is 38.8 Å². The molecule has 0 aliphatic carbocycles. The van der Waals surface area contributed by atoms with Crippen molar-refractivity contribution in [2.24, 2.45) is 0 Å². The molecule has 9 nitrogen and oxygen atoms in total. The number of hydrogen-bond donors (Lipinski definition) is 0. The van der Waals surface area contributed by atoms with E-state index in [1.807, 2.05) is 74.5 Å². The lowest BCUT2D eigenvalue weighted by Crippen LogP contribution is -2.53. The molecule has 5 rings (SSSR count). The monoisotopic (exact) mass is 525 g/mol. The van der Waals surface area contributed by atoms with Gasteiger partial charge in [-0.1, -0.05) is 60.7 Å². The Kier molecular flexibility index (Phi) is 7.83. The van der Waals surface area contributed by atoms with Crippen LogP contribution in [-0.4, -0.2) is 72.0 Å². The fraction of sp³-hybridized carbons (Fsp3) is 0.517. The van der Waals surface area contributed by atoms with Gasteiger partial charge in [-0.3, -0.25) is 14.5 Å². The molecule has 3 fully saturated rings. The highest BCUT2D eigenvalue weighted by molar-refractivity contribution is 5.67. The largest absolute Gasteiger partial charge is 0.457 e. The summed E-state index contributed by atoms with van der Waals surface area (Å²) in [6.07, 6.45) is -3.68. The molecule has 0 bridgehead atoms. The van der Waals surface area contributed by atoms with E-state index >= 15 is 0 Å². The molecule has 0 N–H and O–H groups in total. The maximum absolute atomic E-state index is 12.2. The zero-order valence-corrected chi connectivity index (χ0v) is 22.1. The lowest BCUT2D eigenvalue weighted by molar-refractivity contribution is -0.230. The number of esters is 2. The standard InChI is InChI=1S/C29H35NO8/c1-18(31)34-22-16-30(15-20-11-7-5-8-12-20)23(24(22)35-19(2)32)25-26(33-17-21-13-9-6-10-14-21)27-28(36-25)38-29(3,4)37-27/h5-14,22-28H,15-17H2,1-4H3/t22-,23-,24-,25-,26+,27-,28-/m1/s1. The molecule has 0 radical (unpaired) electrons. The minimum Gasteiger partial charge on any atom is -0.457 e. The normalized spacial score (nSPS) is 32.2. The topological polar surface area (TPSA) is 92.8 Å². The molecule has 0 aromatic heterocycles. The van der Waals surface area contributed by atoms with E-state index in [2.05, 4.69) is 4.90 Å². The Morgan fingerprint density at radius 2 is 1.50 bits per heavy atom. The quantitative estimate of drug-likeness (QED) is 0.482. The number of ether oxygens (including phenoxy) is 6. The van der Waals surface area contributed by atoms with Gasteiger partial charge >= 0.3 is 11.9 Å². The fourth-order valence-corrected chi connectivity index (χ4v) is 5.66. The molecule has 7 atom stereocenters. The molecule has 38 heavy (non-hydrogen) atoms.